The fourth-order valence-electron chi connectivity index (χ4n) is 2.17. The van der Waals surface area contributed by atoms with Crippen LogP contribution >= 0.6 is 0 Å². The van der Waals surface area contributed by atoms with E-state index in [0.717, 1.165) is 30.2 Å². The first-order valence-corrected chi connectivity index (χ1v) is 6.54. The minimum absolute atomic E-state index is 0.100. The molecule has 0 radical (unpaired) electrons. The Balaban J connectivity index is 1.88. The quantitative estimate of drug-likeness (QED) is 0.866. The van der Waals surface area contributed by atoms with Crippen molar-refractivity contribution in [1.29, 1.82) is 0 Å². The molecule has 0 spiro atoms. The van der Waals surface area contributed by atoms with E-state index in [1.165, 1.54) is 0 Å². The van der Waals surface area contributed by atoms with Crippen LogP contribution < -0.4 is 5.32 Å². The molecular weight excluding hydrogens is 246 g/mol. The van der Waals surface area contributed by atoms with Crippen LogP contribution in [0.3, 0.4) is 0 Å². The molecule has 0 aliphatic carbocycles. The van der Waals surface area contributed by atoms with Crippen LogP contribution in [0.4, 0.5) is 0 Å². The summed E-state index contributed by atoms with van der Waals surface area (Å²) in [7, 11) is 1.80. The van der Waals surface area contributed by atoms with Crippen molar-refractivity contribution in [3.63, 3.8) is 0 Å². The van der Waals surface area contributed by atoms with Gasteiger partial charge in [0.1, 0.15) is 5.76 Å². The highest BCUT2D eigenvalue weighted by atomic mass is 16.5. The summed E-state index contributed by atoms with van der Waals surface area (Å²) < 4.78 is 10.5. The number of ether oxygens (including phenoxy) is 1. The van der Waals surface area contributed by atoms with Crippen molar-refractivity contribution in [2.45, 2.75) is 32.9 Å². The first kappa shape index (κ1) is 14.0. The number of morpholine rings is 1. The Morgan fingerprint density at radius 1 is 1.53 bits per heavy atom. The minimum Gasteiger partial charge on any atom is -0.378 e. The molecule has 0 aromatic carbocycles. The summed E-state index contributed by atoms with van der Waals surface area (Å²) in [5.74, 6) is 0.874. The molecule has 2 heterocycles. The molecule has 1 unspecified atom stereocenters. The van der Waals surface area contributed by atoms with Crippen LogP contribution in [-0.2, 0) is 16.1 Å². The lowest BCUT2D eigenvalue weighted by molar-refractivity contribution is -0.131. The standard InChI is InChI=1S/C13H21N3O3/c1-9-12(10(2)19-15-9)7-16(3)13(17)6-11-8-18-5-4-14-11/h11,14H,4-8H2,1-3H3. The summed E-state index contributed by atoms with van der Waals surface area (Å²) in [6.07, 6.45) is 0.458. The number of carbonyl (C=O) groups is 1. The second-order valence-electron chi connectivity index (χ2n) is 4.98. The van der Waals surface area contributed by atoms with Crippen LogP contribution in [0.25, 0.3) is 0 Å². The number of aromatic nitrogens is 1. The van der Waals surface area contributed by atoms with Gasteiger partial charge in [-0.05, 0) is 13.8 Å². The lowest BCUT2D eigenvalue weighted by Crippen LogP contribution is -2.44. The molecule has 1 aliphatic heterocycles. The summed E-state index contributed by atoms with van der Waals surface area (Å²) in [5.41, 5.74) is 1.83. The molecule has 0 saturated carbocycles. The maximum atomic E-state index is 12.1. The number of hydrogen-bond donors (Lipinski definition) is 1. The fourth-order valence-corrected chi connectivity index (χ4v) is 2.17. The van der Waals surface area contributed by atoms with Gasteiger partial charge in [0, 0.05) is 31.6 Å². The number of aryl methyl sites for hydroxylation is 2. The predicted molar refractivity (Wildman–Crippen MR) is 69.7 cm³/mol. The number of hydrogen-bond acceptors (Lipinski definition) is 5. The molecule has 2 rings (SSSR count). The fraction of sp³-hybridized carbons (Fsp3) is 0.692. The number of nitrogens with zero attached hydrogens (tertiary/aromatic N) is 2. The maximum Gasteiger partial charge on any atom is 0.224 e. The van der Waals surface area contributed by atoms with Crippen LogP contribution in [0.1, 0.15) is 23.4 Å². The molecule has 6 heteroatoms. The van der Waals surface area contributed by atoms with Crippen molar-refractivity contribution in [1.82, 2.24) is 15.4 Å². The number of carbonyl (C=O) groups excluding carboxylic acids is 1. The van der Waals surface area contributed by atoms with E-state index in [-0.39, 0.29) is 11.9 Å². The van der Waals surface area contributed by atoms with Crippen molar-refractivity contribution in [2.75, 3.05) is 26.8 Å². The Kier molecular flexibility index (Phi) is 4.55. The average molecular weight is 267 g/mol. The number of rotatable bonds is 4. The van der Waals surface area contributed by atoms with Gasteiger partial charge in [-0.2, -0.15) is 0 Å². The highest BCUT2D eigenvalue weighted by Crippen LogP contribution is 2.15. The van der Waals surface area contributed by atoms with Crippen molar-refractivity contribution in [3.8, 4) is 0 Å². The molecule has 6 nitrogen and oxygen atoms in total. The molecule has 19 heavy (non-hydrogen) atoms. The zero-order valence-electron chi connectivity index (χ0n) is 11.7. The van der Waals surface area contributed by atoms with Gasteiger partial charge >= 0.3 is 0 Å². The second-order valence-corrected chi connectivity index (χ2v) is 4.98. The van der Waals surface area contributed by atoms with E-state index in [1.807, 2.05) is 13.8 Å². The van der Waals surface area contributed by atoms with Gasteiger partial charge in [-0.15, -0.1) is 0 Å². The molecule has 0 bridgehead atoms. The van der Waals surface area contributed by atoms with Gasteiger partial charge in [0.25, 0.3) is 0 Å². The number of amides is 1. The Hall–Kier alpha value is -1.40. The maximum absolute atomic E-state index is 12.1. The third-order valence-corrected chi connectivity index (χ3v) is 3.42. The average Bonchev–Trinajstić information content (AvgIpc) is 2.71. The number of nitrogens with one attached hydrogen (secondary N) is 1. The topological polar surface area (TPSA) is 67.6 Å². The molecule has 1 saturated heterocycles. The Labute approximate surface area is 113 Å². The third-order valence-electron chi connectivity index (χ3n) is 3.42. The molecule has 1 aromatic rings. The predicted octanol–water partition coefficient (Wildman–Crippen LogP) is 0.628. The highest BCUT2D eigenvalue weighted by molar-refractivity contribution is 5.76. The van der Waals surface area contributed by atoms with Gasteiger partial charge in [-0.1, -0.05) is 5.16 Å². The molecule has 1 aromatic heterocycles. The Morgan fingerprint density at radius 3 is 2.89 bits per heavy atom. The van der Waals surface area contributed by atoms with Crippen molar-refractivity contribution >= 4 is 5.91 Å². The third kappa shape index (κ3) is 3.54. The van der Waals surface area contributed by atoms with Crippen LogP contribution in [-0.4, -0.2) is 48.8 Å². The molecule has 1 atom stereocenters. The van der Waals surface area contributed by atoms with E-state index < -0.39 is 0 Å². The van der Waals surface area contributed by atoms with Crippen molar-refractivity contribution in [2.24, 2.45) is 0 Å². The summed E-state index contributed by atoms with van der Waals surface area (Å²) >= 11 is 0. The second kappa shape index (κ2) is 6.16. The van der Waals surface area contributed by atoms with Crippen molar-refractivity contribution < 1.29 is 14.1 Å². The van der Waals surface area contributed by atoms with E-state index in [2.05, 4.69) is 10.5 Å². The van der Waals surface area contributed by atoms with Crippen LogP contribution in [0, 0.1) is 13.8 Å². The van der Waals surface area contributed by atoms with Crippen LogP contribution in [0.2, 0.25) is 0 Å². The summed E-state index contributed by atoms with van der Waals surface area (Å²) in [6, 6.07) is 0.119. The monoisotopic (exact) mass is 267 g/mol. The molecule has 1 amide bonds. The zero-order chi connectivity index (χ0) is 13.8. The SMILES string of the molecule is Cc1noc(C)c1CN(C)C(=O)CC1COCCN1. The first-order valence-electron chi connectivity index (χ1n) is 6.54. The van der Waals surface area contributed by atoms with E-state index in [0.29, 0.717) is 19.6 Å². The largest absolute Gasteiger partial charge is 0.378 e. The summed E-state index contributed by atoms with van der Waals surface area (Å²) in [4.78, 5) is 13.9. The molecule has 106 valence electrons. The lowest BCUT2D eigenvalue weighted by Gasteiger charge is -2.25. The Bertz CT molecular complexity index is 419. The van der Waals surface area contributed by atoms with Crippen molar-refractivity contribution in [3.05, 3.63) is 17.0 Å². The molecule has 1 fully saturated rings. The van der Waals surface area contributed by atoms with Gasteiger partial charge in [0.2, 0.25) is 5.91 Å². The van der Waals surface area contributed by atoms with E-state index in [4.69, 9.17) is 9.26 Å². The highest BCUT2D eigenvalue weighted by Gasteiger charge is 2.20. The molecular formula is C13H21N3O3. The van der Waals surface area contributed by atoms with Gasteiger partial charge in [0.15, 0.2) is 0 Å². The van der Waals surface area contributed by atoms with Crippen LogP contribution in [0.5, 0.6) is 0 Å². The summed E-state index contributed by atoms with van der Waals surface area (Å²) in [5, 5.41) is 7.18. The van der Waals surface area contributed by atoms with E-state index in [1.54, 1.807) is 11.9 Å². The minimum atomic E-state index is 0.100. The summed E-state index contributed by atoms with van der Waals surface area (Å²) in [6.45, 7) is 6.43. The molecule has 1 aliphatic rings. The Morgan fingerprint density at radius 2 is 2.32 bits per heavy atom. The normalized spacial score (nSPS) is 19.4. The van der Waals surface area contributed by atoms with Gasteiger partial charge < -0.3 is 19.5 Å². The zero-order valence-corrected chi connectivity index (χ0v) is 11.7. The van der Waals surface area contributed by atoms with Crippen LogP contribution in [0.15, 0.2) is 4.52 Å². The molecule has 1 N–H and O–H groups in total. The van der Waals surface area contributed by atoms with Gasteiger partial charge in [-0.25, -0.2) is 0 Å². The lowest BCUT2D eigenvalue weighted by atomic mass is 10.1. The smallest absolute Gasteiger partial charge is 0.224 e. The van der Waals surface area contributed by atoms with Gasteiger partial charge in [-0.3, -0.25) is 4.79 Å². The first-order chi connectivity index (χ1) is 9.08. The van der Waals surface area contributed by atoms with Gasteiger partial charge in [0.05, 0.1) is 25.5 Å². The van der Waals surface area contributed by atoms with E-state index >= 15 is 0 Å². The van der Waals surface area contributed by atoms with E-state index in [9.17, 15) is 4.79 Å².